The number of aryl methyl sites for hydroxylation is 1. The molecular formula is C19H27N3O3. The summed E-state index contributed by atoms with van der Waals surface area (Å²) in [4.78, 5) is 14.1. The van der Waals surface area contributed by atoms with E-state index < -0.39 is 6.10 Å². The number of nitrogens with zero attached hydrogens (tertiary/aromatic N) is 1. The molecule has 1 aromatic heterocycles. The molecule has 2 amide bonds. The first-order valence-corrected chi connectivity index (χ1v) is 8.49. The van der Waals surface area contributed by atoms with Crippen LogP contribution in [-0.2, 0) is 6.42 Å². The van der Waals surface area contributed by atoms with Gasteiger partial charge in [0.2, 0.25) is 0 Å². The van der Waals surface area contributed by atoms with Gasteiger partial charge in [0.05, 0.1) is 18.8 Å². The minimum Gasteiger partial charge on any atom is -0.467 e. The molecule has 0 aliphatic carbocycles. The highest BCUT2D eigenvalue weighted by atomic mass is 16.4. The number of carbonyl (C=O) groups excluding carboxylic acids is 1. The lowest BCUT2D eigenvalue weighted by atomic mass is 10.0. The number of benzene rings is 1. The van der Waals surface area contributed by atoms with Crippen LogP contribution in [0, 0.1) is 0 Å². The Bertz CT molecular complexity index is 638. The fraction of sp³-hybridized carbons (Fsp3) is 0.421. The van der Waals surface area contributed by atoms with E-state index >= 15 is 0 Å². The van der Waals surface area contributed by atoms with Crippen molar-refractivity contribution in [2.75, 3.05) is 27.2 Å². The van der Waals surface area contributed by atoms with Gasteiger partial charge in [-0.1, -0.05) is 31.2 Å². The highest BCUT2D eigenvalue weighted by Crippen LogP contribution is 2.18. The molecule has 2 rings (SSSR count). The predicted molar refractivity (Wildman–Crippen MR) is 97.3 cm³/mol. The molecule has 0 bridgehead atoms. The predicted octanol–water partition coefficient (Wildman–Crippen LogP) is 2.48. The Morgan fingerprint density at radius 1 is 1.16 bits per heavy atom. The zero-order valence-corrected chi connectivity index (χ0v) is 15.0. The molecule has 6 heteroatoms. The fourth-order valence-electron chi connectivity index (χ4n) is 2.60. The van der Waals surface area contributed by atoms with E-state index in [0.717, 1.165) is 12.0 Å². The number of furan rings is 1. The second-order valence-corrected chi connectivity index (χ2v) is 6.20. The van der Waals surface area contributed by atoms with Crippen LogP contribution >= 0.6 is 0 Å². The van der Waals surface area contributed by atoms with Crippen LogP contribution in [0.25, 0.3) is 0 Å². The summed E-state index contributed by atoms with van der Waals surface area (Å²) in [6.45, 7) is 2.69. The van der Waals surface area contributed by atoms with Gasteiger partial charge in [0.1, 0.15) is 11.9 Å². The van der Waals surface area contributed by atoms with Crippen LogP contribution in [0.15, 0.2) is 47.1 Å². The average molecular weight is 345 g/mol. The van der Waals surface area contributed by atoms with Gasteiger partial charge in [-0.2, -0.15) is 0 Å². The lowest BCUT2D eigenvalue weighted by Crippen LogP contribution is -2.41. The minimum atomic E-state index is -0.855. The first-order valence-electron chi connectivity index (χ1n) is 8.49. The number of nitrogens with one attached hydrogen (secondary N) is 2. The van der Waals surface area contributed by atoms with Crippen LogP contribution in [0.3, 0.4) is 0 Å². The van der Waals surface area contributed by atoms with Crippen molar-refractivity contribution in [2.24, 2.45) is 0 Å². The van der Waals surface area contributed by atoms with Gasteiger partial charge < -0.3 is 25.1 Å². The largest absolute Gasteiger partial charge is 0.467 e. The Hall–Kier alpha value is -2.31. The van der Waals surface area contributed by atoms with E-state index in [0.29, 0.717) is 12.3 Å². The molecule has 0 saturated carbocycles. The maximum Gasteiger partial charge on any atom is 0.314 e. The Morgan fingerprint density at radius 3 is 2.40 bits per heavy atom. The number of aliphatic hydroxyl groups is 1. The Balaban J connectivity index is 1.84. The Labute approximate surface area is 148 Å². The van der Waals surface area contributed by atoms with E-state index in [1.54, 1.807) is 12.1 Å². The van der Waals surface area contributed by atoms with Crippen molar-refractivity contribution in [1.29, 1.82) is 0 Å². The number of aliphatic hydroxyl groups excluding tert-OH is 1. The molecule has 0 radical (unpaired) electrons. The molecular weight excluding hydrogens is 318 g/mol. The normalized spacial score (nSPS) is 13.5. The highest BCUT2D eigenvalue weighted by Gasteiger charge is 2.16. The zero-order valence-electron chi connectivity index (χ0n) is 15.0. The molecule has 2 atom stereocenters. The molecule has 0 aliphatic rings. The average Bonchev–Trinajstić information content (AvgIpc) is 3.15. The van der Waals surface area contributed by atoms with Crippen molar-refractivity contribution in [2.45, 2.75) is 25.5 Å². The van der Waals surface area contributed by atoms with E-state index in [9.17, 15) is 9.90 Å². The van der Waals surface area contributed by atoms with Crippen molar-refractivity contribution in [3.8, 4) is 0 Å². The number of hydrogen-bond acceptors (Lipinski definition) is 4. The minimum absolute atomic E-state index is 0.0756. The molecule has 2 unspecified atom stereocenters. The third kappa shape index (κ3) is 5.62. The number of likely N-dealkylation sites (N-methyl/N-ethyl adjacent to an activating group) is 1. The van der Waals surface area contributed by atoms with Crippen LogP contribution in [0.1, 0.15) is 36.0 Å². The molecule has 0 saturated heterocycles. The molecule has 6 nitrogen and oxygen atoms in total. The maximum atomic E-state index is 12.0. The van der Waals surface area contributed by atoms with Crippen LogP contribution in [0.4, 0.5) is 4.79 Å². The van der Waals surface area contributed by atoms with Gasteiger partial charge in [-0.25, -0.2) is 4.79 Å². The summed E-state index contributed by atoms with van der Waals surface area (Å²) in [5, 5.41) is 15.4. The number of carbonyl (C=O) groups is 1. The molecule has 2 aromatic rings. The van der Waals surface area contributed by atoms with Crippen molar-refractivity contribution in [3.05, 3.63) is 59.5 Å². The summed E-state index contributed by atoms with van der Waals surface area (Å²) in [5.74, 6) is 0.433. The van der Waals surface area contributed by atoms with Gasteiger partial charge in [0.15, 0.2) is 0 Å². The van der Waals surface area contributed by atoms with E-state index in [2.05, 4.69) is 46.7 Å². The van der Waals surface area contributed by atoms with Crippen LogP contribution in [-0.4, -0.2) is 43.2 Å². The van der Waals surface area contributed by atoms with Crippen LogP contribution in [0.2, 0.25) is 0 Å². The first-order chi connectivity index (χ1) is 12.0. The van der Waals surface area contributed by atoms with Crippen molar-refractivity contribution >= 4 is 6.03 Å². The monoisotopic (exact) mass is 345 g/mol. The third-order valence-electron chi connectivity index (χ3n) is 4.18. The molecule has 0 fully saturated rings. The number of rotatable bonds is 8. The van der Waals surface area contributed by atoms with Crippen LogP contribution in [0.5, 0.6) is 0 Å². The van der Waals surface area contributed by atoms with Crippen molar-refractivity contribution in [3.63, 3.8) is 0 Å². The SMILES string of the molecule is CCc1ccc(C(CNC(=O)NCC(O)c2ccco2)N(C)C)cc1. The van der Waals surface area contributed by atoms with Gasteiger partial charge in [0, 0.05) is 6.54 Å². The van der Waals surface area contributed by atoms with E-state index in [1.807, 2.05) is 14.1 Å². The van der Waals surface area contributed by atoms with E-state index in [4.69, 9.17) is 4.42 Å². The topological polar surface area (TPSA) is 77.7 Å². The highest BCUT2D eigenvalue weighted by molar-refractivity contribution is 5.73. The molecule has 25 heavy (non-hydrogen) atoms. The van der Waals surface area contributed by atoms with E-state index in [1.165, 1.54) is 11.8 Å². The molecule has 3 N–H and O–H groups in total. The summed E-state index contributed by atoms with van der Waals surface area (Å²) in [6.07, 6.45) is 1.64. The maximum absolute atomic E-state index is 12.0. The number of hydrogen-bond donors (Lipinski definition) is 3. The summed E-state index contributed by atoms with van der Waals surface area (Å²) in [6, 6.07) is 11.6. The molecule has 1 heterocycles. The van der Waals surface area contributed by atoms with Crippen molar-refractivity contribution in [1.82, 2.24) is 15.5 Å². The lowest BCUT2D eigenvalue weighted by molar-refractivity contribution is 0.147. The summed E-state index contributed by atoms with van der Waals surface area (Å²) in [7, 11) is 3.97. The quantitative estimate of drug-likeness (QED) is 0.687. The lowest BCUT2D eigenvalue weighted by Gasteiger charge is -2.25. The summed E-state index contributed by atoms with van der Waals surface area (Å²) < 4.78 is 5.11. The number of amides is 2. The van der Waals surface area contributed by atoms with Gasteiger partial charge in [-0.3, -0.25) is 0 Å². The summed E-state index contributed by atoms with van der Waals surface area (Å²) in [5.41, 5.74) is 2.44. The molecule has 0 aliphatic heterocycles. The van der Waals surface area contributed by atoms with Gasteiger partial charge in [-0.15, -0.1) is 0 Å². The fourth-order valence-corrected chi connectivity index (χ4v) is 2.60. The van der Waals surface area contributed by atoms with Gasteiger partial charge in [0.25, 0.3) is 0 Å². The van der Waals surface area contributed by atoms with Gasteiger partial charge >= 0.3 is 6.03 Å². The smallest absolute Gasteiger partial charge is 0.314 e. The van der Waals surface area contributed by atoms with Crippen LogP contribution < -0.4 is 10.6 Å². The Kier molecular flexibility index (Phi) is 7.03. The zero-order chi connectivity index (χ0) is 18.2. The molecule has 136 valence electrons. The first kappa shape index (κ1) is 19.0. The van der Waals surface area contributed by atoms with Crippen molar-refractivity contribution < 1.29 is 14.3 Å². The summed E-state index contributed by atoms with van der Waals surface area (Å²) >= 11 is 0. The second kappa shape index (κ2) is 9.25. The standard InChI is InChI=1S/C19H27N3O3/c1-4-14-7-9-15(10-8-14)16(22(2)3)12-20-19(24)21-13-17(23)18-6-5-11-25-18/h5-11,16-17,23H,4,12-13H2,1-3H3,(H2,20,21,24). The number of urea groups is 1. The third-order valence-corrected chi connectivity index (χ3v) is 4.18. The molecule has 0 spiro atoms. The van der Waals surface area contributed by atoms with E-state index in [-0.39, 0.29) is 18.6 Å². The van der Waals surface area contributed by atoms with Gasteiger partial charge in [-0.05, 0) is 43.8 Å². The molecule has 1 aromatic carbocycles. The Morgan fingerprint density at radius 2 is 1.84 bits per heavy atom. The second-order valence-electron chi connectivity index (χ2n) is 6.20.